The van der Waals surface area contributed by atoms with Crippen LogP contribution >= 0.6 is 47.2 Å². The Labute approximate surface area is 186 Å². The number of hydrazine groups is 1. The van der Waals surface area contributed by atoms with E-state index in [4.69, 9.17) is 40.2 Å². The van der Waals surface area contributed by atoms with Gasteiger partial charge >= 0.3 is 0 Å². The van der Waals surface area contributed by atoms with Crippen molar-refractivity contribution in [2.45, 2.75) is 6.92 Å². The van der Waals surface area contributed by atoms with E-state index in [1.165, 1.54) is 24.3 Å². The van der Waals surface area contributed by atoms with Gasteiger partial charge in [0.05, 0.1) is 22.1 Å². The van der Waals surface area contributed by atoms with E-state index in [1.54, 1.807) is 18.2 Å². The van der Waals surface area contributed by atoms with Crippen molar-refractivity contribution in [1.29, 1.82) is 0 Å². The number of carbonyl (C=O) groups is 2. The van der Waals surface area contributed by atoms with Crippen molar-refractivity contribution < 1.29 is 19.4 Å². The molecule has 0 aromatic heterocycles. The molecule has 1 heterocycles. The number of rotatable bonds is 5. The Bertz CT molecular complexity index is 1040. The largest absolute Gasteiger partial charge is 0.504 e. The minimum atomic E-state index is -0.595. The highest BCUT2D eigenvalue weighted by Crippen LogP contribution is 2.34. The lowest BCUT2D eigenvalue weighted by molar-refractivity contribution is -0.123. The Morgan fingerprint density at radius 1 is 1.31 bits per heavy atom. The first kappa shape index (κ1) is 21.4. The Morgan fingerprint density at radius 3 is 2.72 bits per heavy atom. The van der Waals surface area contributed by atoms with Gasteiger partial charge in [-0.3, -0.25) is 15.0 Å². The number of hydrogen-bond acceptors (Lipinski definition) is 6. The van der Waals surface area contributed by atoms with E-state index in [0.29, 0.717) is 27.8 Å². The first-order valence-electron chi connectivity index (χ1n) is 8.30. The number of nitrogens with one attached hydrogen (secondary N) is 1. The topological polar surface area (TPSA) is 78.9 Å². The lowest BCUT2D eigenvalue weighted by Gasteiger charge is -2.16. The molecule has 0 bridgehead atoms. The summed E-state index contributed by atoms with van der Waals surface area (Å²) in [6.45, 7) is 2.23. The average molecular weight is 469 g/mol. The van der Waals surface area contributed by atoms with Crippen LogP contribution in [0.15, 0.2) is 41.3 Å². The second kappa shape index (κ2) is 9.04. The summed E-state index contributed by atoms with van der Waals surface area (Å²) in [5.74, 6) is -0.777. The maximum absolute atomic E-state index is 12.7. The fraction of sp³-hybridized carbons (Fsp3) is 0.105. The van der Waals surface area contributed by atoms with Crippen LogP contribution in [0.5, 0.6) is 11.5 Å². The highest BCUT2D eigenvalue weighted by molar-refractivity contribution is 8.26. The SMILES string of the molecule is CCOc1ccc(C=C2SC(=S)N(NC(=O)c3ccc(Cl)cc3Cl)C2=O)cc1O. The van der Waals surface area contributed by atoms with Gasteiger partial charge in [-0.2, -0.15) is 5.01 Å². The molecule has 2 aromatic rings. The second-order valence-electron chi connectivity index (χ2n) is 5.74. The number of amides is 2. The Hall–Kier alpha value is -2.26. The summed E-state index contributed by atoms with van der Waals surface area (Å²) in [4.78, 5) is 25.4. The van der Waals surface area contributed by atoms with Crippen molar-refractivity contribution in [3.05, 3.63) is 62.5 Å². The second-order valence-corrected chi connectivity index (χ2v) is 8.26. The van der Waals surface area contributed by atoms with E-state index in [-0.39, 0.29) is 20.7 Å². The fourth-order valence-electron chi connectivity index (χ4n) is 2.45. The smallest absolute Gasteiger partial charge is 0.285 e. The van der Waals surface area contributed by atoms with Crippen LogP contribution in [0.2, 0.25) is 10.0 Å². The molecule has 0 aliphatic carbocycles. The maximum atomic E-state index is 12.7. The molecule has 150 valence electrons. The highest BCUT2D eigenvalue weighted by Gasteiger charge is 2.34. The van der Waals surface area contributed by atoms with Crippen LogP contribution in [0.3, 0.4) is 0 Å². The van der Waals surface area contributed by atoms with Crippen LogP contribution in [0.25, 0.3) is 6.08 Å². The maximum Gasteiger partial charge on any atom is 0.285 e. The Morgan fingerprint density at radius 2 is 2.07 bits per heavy atom. The molecular formula is C19H14Cl2N2O4S2. The number of nitrogens with zero attached hydrogens (tertiary/aromatic N) is 1. The van der Waals surface area contributed by atoms with E-state index in [1.807, 2.05) is 6.92 Å². The molecule has 0 unspecified atom stereocenters. The van der Waals surface area contributed by atoms with Gasteiger partial charge in [0.25, 0.3) is 11.8 Å². The molecule has 29 heavy (non-hydrogen) atoms. The number of phenols is 1. The van der Waals surface area contributed by atoms with Gasteiger partial charge in [0.2, 0.25) is 0 Å². The van der Waals surface area contributed by atoms with E-state index < -0.39 is 11.8 Å². The lowest BCUT2D eigenvalue weighted by Crippen LogP contribution is -2.44. The number of halogens is 2. The van der Waals surface area contributed by atoms with Crippen molar-refractivity contribution in [3.63, 3.8) is 0 Å². The third kappa shape index (κ3) is 4.84. The van der Waals surface area contributed by atoms with Crippen molar-refractivity contribution in [3.8, 4) is 11.5 Å². The van der Waals surface area contributed by atoms with Crippen LogP contribution in [-0.2, 0) is 4.79 Å². The number of thiocarbonyl (C=S) groups is 1. The van der Waals surface area contributed by atoms with Crippen molar-refractivity contribution in [1.82, 2.24) is 10.4 Å². The van der Waals surface area contributed by atoms with Crippen LogP contribution in [0.1, 0.15) is 22.8 Å². The molecule has 3 rings (SSSR count). The molecule has 0 saturated carbocycles. The summed E-state index contributed by atoms with van der Waals surface area (Å²) in [5, 5.41) is 11.5. The summed E-state index contributed by atoms with van der Waals surface area (Å²) in [6, 6.07) is 9.18. The zero-order chi connectivity index (χ0) is 21.1. The molecule has 2 N–H and O–H groups in total. The zero-order valence-electron chi connectivity index (χ0n) is 14.9. The van der Waals surface area contributed by atoms with E-state index >= 15 is 0 Å². The number of aromatic hydroxyl groups is 1. The minimum Gasteiger partial charge on any atom is -0.504 e. The molecule has 0 radical (unpaired) electrons. The molecular weight excluding hydrogens is 455 g/mol. The number of thioether (sulfide) groups is 1. The molecule has 2 amide bonds. The lowest BCUT2D eigenvalue weighted by atomic mass is 10.2. The van der Waals surface area contributed by atoms with E-state index in [0.717, 1.165) is 16.8 Å². The molecule has 2 aromatic carbocycles. The molecule has 0 atom stereocenters. The van der Waals surface area contributed by atoms with Gasteiger partial charge in [0.15, 0.2) is 15.8 Å². The van der Waals surface area contributed by atoms with Crippen molar-refractivity contribution in [2.24, 2.45) is 0 Å². The normalized spacial score (nSPS) is 15.1. The van der Waals surface area contributed by atoms with Gasteiger partial charge in [-0.1, -0.05) is 41.0 Å². The summed E-state index contributed by atoms with van der Waals surface area (Å²) in [5.41, 5.74) is 3.19. The van der Waals surface area contributed by atoms with Crippen LogP contribution in [0.4, 0.5) is 0 Å². The van der Waals surface area contributed by atoms with E-state index in [2.05, 4.69) is 5.43 Å². The Kier molecular flexibility index (Phi) is 6.69. The molecule has 1 aliphatic heterocycles. The number of ether oxygens (including phenoxy) is 1. The first-order chi connectivity index (χ1) is 13.8. The first-order valence-corrected chi connectivity index (χ1v) is 10.3. The van der Waals surface area contributed by atoms with Gasteiger partial charge in [-0.25, -0.2) is 0 Å². The van der Waals surface area contributed by atoms with Gasteiger partial charge in [0.1, 0.15) is 0 Å². The quantitative estimate of drug-likeness (QED) is 0.491. The monoisotopic (exact) mass is 468 g/mol. The third-order valence-corrected chi connectivity index (χ3v) is 5.61. The van der Waals surface area contributed by atoms with Gasteiger partial charge in [-0.05, 0) is 61.1 Å². The van der Waals surface area contributed by atoms with Crippen LogP contribution in [0, 0.1) is 0 Å². The summed E-state index contributed by atoms with van der Waals surface area (Å²) in [6.07, 6.45) is 1.57. The molecule has 10 heteroatoms. The summed E-state index contributed by atoms with van der Waals surface area (Å²) >= 11 is 18.1. The zero-order valence-corrected chi connectivity index (χ0v) is 18.1. The minimum absolute atomic E-state index is 0.0400. The van der Waals surface area contributed by atoms with Crippen molar-refractivity contribution >= 4 is 69.4 Å². The summed E-state index contributed by atoms with van der Waals surface area (Å²) < 4.78 is 5.44. The number of carbonyl (C=O) groups excluding carboxylic acids is 2. The fourth-order valence-corrected chi connectivity index (χ4v) is 4.13. The predicted octanol–water partition coefficient (Wildman–Crippen LogP) is 4.64. The standard InChI is InChI=1S/C19H14Cl2N2O4S2/c1-2-27-15-6-3-10(7-14(15)24)8-16-18(26)23(19(28)29-16)22-17(25)12-5-4-11(20)9-13(12)21/h3-9,24H,2H2,1H3,(H,22,25). The highest BCUT2D eigenvalue weighted by atomic mass is 35.5. The van der Waals surface area contributed by atoms with Gasteiger partial charge in [0, 0.05) is 5.02 Å². The predicted molar refractivity (Wildman–Crippen MR) is 118 cm³/mol. The number of hydrogen-bond donors (Lipinski definition) is 2. The van der Waals surface area contributed by atoms with Gasteiger partial charge < -0.3 is 9.84 Å². The molecule has 6 nitrogen and oxygen atoms in total. The Balaban J connectivity index is 1.78. The average Bonchev–Trinajstić information content (AvgIpc) is 2.91. The van der Waals surface area contributed by atoms with Crippen LogP contribution < -0.4 is 10.2 Å². The molecule has 1 aliphatic rings. The van der Waals surface area contributed by atoms with E-state index in [9.17, 15) is 14.7 Å². The van der Waals surface area contributed by atoms with Gasteiger partial charge in [-0.15, -0.1) is 0 Å². The molecule has 1 fully saturated rings. The third-order valence-electron chi connectivity index (χ3n) is 3.76. The van der Waals surface area contributed by atoms with Crippen molar-refractivity contribution in [2.75, 3.05) is 6.61 Å². The summed E-state index contributed by atoms with van der Waals surface area (Å²) in [7, 11) is 0. The van der Waals surface area contributed by atoms with Crippen LogP contribution in [-0.4, -0.2) is 32.9 Å². The number of benzene rings is 2. The molecule has 1 saturated heterocycles. The number of phenolic OH excluding ortho intramolecular Hbond substituents is 1. The molecule has 0 spiro atoms.